The Bertz CT molecular complexity index is 626. The molecule has 1 heterocycles. The summed E-state index contributed by atoms with van der Waals surface area (Å²) in [5.41, 5.74) is 0.343. The highest BCUT2D eigenvalue weighted by Crippen LogP contribution is 2.23. The summed E-state index contributed by atoms with van der Waals surface area (Å²) < 4.78 is 28.3. The Hall–Kier alpha value is -1.56. The molecule has 21 heavy (non-hydrogen) atoms. The van der Waals surface area contributed by atoms with Gasteiger partial charge in [-0.3, -0.25) is 4.79 Å². The minimum atomic E-state index is -3.01. The van der Waals surface area contributed by atoms with Gasteiger partial charge in [-0.25, -0.2) is 8.42 Å². The predicted octanol–water partition coefficient (Wildman–Crippen LogP) is 1.32. The van der Waals surface area contributed by atoms with Crippen LogP contribution in [0.3, 0.4) is 0 Å². The van der Waals surface area contributed by atoms with Gasteiger partial charge in [0.1, 0.15) is 5.75 Å². The Labute approximate surface area is 125 Å². The lowest BCUT2D eigenvalue weighted by atomic mass is 10.0. The number of hydrogen-bond acceptors (Lipinski definition) is 4. The van der Waals surface area contributed by atoms with Crippen LogP contribution in [0.15, 0.2) is 24.3 Å². The first-order valence-corrected chi connectivity index (χ1v) is 8.79. The van der Waals surface area contributed by atoms with Crippen LogP contribution in [0.25, 0.3) is 0 Å². The minimum Gasteiger partial charge on any atom is -0.496 e. The number of nitrogens with one attached hydrogen (secondary N) is 1. The molecule has 0 saturated carbocycles. The molecule has 0 radical (unpaired) electrons. The van der Waals surface area contributed by atoms with Crippen LogP contribution in [-0.2, 0) is 21.1 Å². The van der Waals surface area contributed by atoms with Crippen LogP contribution in [-0.4, -0.2) is 38.5 Å². The summed E-state index contributed by atoms with van der Waals surface area (Å²) in [6.45, 7) is 1.79. The normalized spacial score (nSPS) is 23.7. The lowest BCUT2D eigenvalue weighted by molar-refractivity contribution is -0.122. The summed E-state index contributed by atoms with van der Waals surface area (Å²) in [7, 11) is -1.41. The molecule has 0 aliphatic carbocycles. The zero-order chi connectivity index (χ0) is 15.5. The number of rotatable bonds is 5. The third-order valence-electron chi connectivity index (χ3n) is 3.76. The molecule has 2 rings (SSSR count). The zero-order valence-corrected chi connectivity index (χ0v) is 13.2. The van der Waals surface area contributed by atoms with E-state index < -0.39 is 15.4 Å². The van der Waals surface area contributed by atoms with Crippen molar-refractivity contribution in [2.75, 3.05) is 18.6 Å². The van der Waals surface area contributed by atoms with Gasteiger partial charge < -0.3 is 10.1 Å². The van der Waals surface area contributed by atoms with E-state index in [1.54, 1.807) is 14.0 Å². The number of hydrogen-bond donors (Lipinski definition) is 1. The molecule has 1 aromatic carbocycles. The van der Waals surface area contributed by atoms with Gasteiger partial charge in [-0.15, -0.1) is 0 Å². The van der Waals surface area contributed by atoms with E-state index >= 15 is 0 Å². The van der Waals surface area contributed by atoms with Crippen molar-refractivity contribution in [1.29, 1.82) is 0 Å². The van der Waals surface area contributed by atoms with E-state index in [2.05, 4.69) is 5.32 Å². The number of sulfone groups is 1. The first-order chi connectivity index (χ1) is 9.84. The van der Waals surface area contributed by atoms with E-state index in [4.69, 9.17) is 4.74 Å². The number of benzene rings is 1. The fraction of sp³-hybridized carbons (Fsp3) is 0.533. The molecule has 1 atom stereocenters. The quantitative estimate of drug-likeness (QED) is 0.890. The predicted molar refractivity (Wildman–Crippen MR) is 81.1 cm³/mol. The maximum absolute atomic E-state index is 12.0. The molecule has 1 amide bonds. The molecule has 1 fully saturated rings. The number of methoxy groups -OCH3 is 1. The van der Waals surface area contributed by atoms with Crippen molar-refractivity contribution >= 4 is 15.7 Å². The van der Waals surface area contributed by atoms with Gasteiger partial charge in [0.25, 0.3) is 0 Å². The third kappa shape index (κ3) is 4.20. The maximum Gasteiger partial charge on any atom is 0.220 e. The van der Waals surface area contributed by atoms with E-state index in [0.717, 1.165) is 11.3 Å². The van der Waals surface area contributed by atoms with Gasteiger partial charge in [0.2, 0.25) is 5.91 Å². The highest BCUT2D eigenvalue weighted by molar-refractivity contribution is 7.91. The number of amides is 1. The smallest absolute Gasteiger partial charge is 0.220 e. The van der Waals surface area contributed by atoms with Crippen molar-refractivity contribution in [3.05, 3.63) is 29.8 Å². The number of carbonyl (C=O) groups is 1. The van der Waals surface area contributed by atoms with Gasteiger partial charge >= 0.3 is 0 Å². The summed E-state index contributed by atoms with van der Waals surface area (Å²) in [5, 5.41) is 2.86. The third-order valence-corrected chi connectivity index (χ3v) is 5.66. The first-order valence-electron chi connectivity index (χ1n) is 6.97. The molecular weight excluding hydrogens is 290 g/mol. The van der Waals surface area contributed by atoms with Gasteiger partial charge in [-0.05, 0) is 31.4 Å². The fourth-order valence-corrected chi connectivity index (χ4v) is 4.76. The summed E-state index contributed by atoms with van der Waals surface area (Å²) in [6.07, 6.45) is 1.37. The Morgan fingerprint density at radius 3 is 2.71 bits per heavy atom. The Morgan fingerprint density at radius 2 is 2.10 bits per heavy atom. The first kappa shape index (κ1) is 15.8. The second-order valence-electron chi connectivity index (χ2n) is 5.76. The maximum atomic E-state index is 12.0. The molecule has 1 saturated heterocycles. The average molecular weight is 311 g/mol. The highest BCUT2D eigenvalue weighted by Gasteiger charge is 2.39. The highest BCUT2D eigenvalue weighted by atomic mass is 32.2. The van der Waals surface area contributed by atoms with Crippen molar-refractivity contribution in [1.82, 2.24) is 5.32 Å². The molecule has 1 aliphatic heterocycles. The van der Waals surface area contributed by atoms with Crippen LogP contribution in [0.2, 0.25) is 0 Å². The van der Waals surface area contributed by atoms with Crippen LogP contribution < -0.4 is 10.1 Å². The average Bonchev–Trinajstić information content (AvgIpc) is 2.70. The van der Waals surface area contributed by atoms with E-state index in [-0.39, 0.29) is 17.4 Å². The number of ether oxygens (including phenoxy) is 1. The topological polar surface area (TPSA) is 72.5 Å². The van der Waals surface area contributed by atoms with Crippen molar-refractivity contribution in [3.63, 3.8) is 0 Å². The molecule has 1 aromatic rings. The Balaban J connectivity index is 1.91. The van der Waals surface area contributed by atoms with Crippen LogP contribution in [0, 0.1) is 0 Å². The molecule has 0 aromatic heterocycles. The van der Waals surface area contributed by atoms with Crippen molar-refractivity contribution in [3.8, 4) is 5.75 Å². The molecular formula is C15H21NO4S. The second-order valence-corrected chi connectivity index (χ2v) is 7.95. The van der Waals surface area contributed by atoms with E-state index in [1.165, 1.54) is 0 Å². The molecule has 0 bridgehead atoms. The van der Waals surface area contributed by atoms with Crippen LogP contribution in [0.1, 0.15) is 25.3 Å². The Kier molecular flexibility index (Phi) is 4.56. The fourth-order valence-electron chi connectivity index (χ4n) is 2.67. The van der Waals surface area contributed by atoms with Crippen LogP contribution >= 0.6 is 0 Å². The van der Waals surface area contributed by atoms with Gasteiger partial charge in [0.05, 0.1) is 24.2 Å². The standard InChI is InChI=1S/C15H21NO4S/c1-15(9-10-21(18,19)11-15)16-14(17)8-7-12-5-3-4-6-13(12)20-2/h3-6H,7-11H2,1-2H3,(H,16,17). The van der Waals surface area contributed by atoms with Gasteiger partial charge in [-0.1, -0.05) is 18.2 Å². The number of para-hydroxylation sites is 1. The summed E-state index contributed by atoms with van der Waals surface area (Å²) in [6, 6.07) is 7.57. The summed E-state index contributed by atoms with van der Waals surface area (Å²) in [5.74, 6) is 0.817. The van der Waals surface area contributed by atoms with Crippen LogP contribution in [0.5, 0.6) is 5.75 Å². The van der Waals surface area contributed by atoms with Crippen molar-refractivity contribution < 1.29 is 17.9 Å². The van der Waals surface area contributed by atoms with Gasteiger partial charge in [-0.2, -0.15) is 0 Å². The molecule has 1 aliphatic rings. The molecule has 0 spiro atoms. The number of aryl methyl sites for hydroxylation is 1. The lowest BCUT2D eigenvalue weighted by Crippen LogP contribution is -2.47. The van der Waals surface area contributed by atoms with Gasteiger partial charge in [0, 0.05) is 6.42 Å². The number of carbonyl (C=O) groups excluding carboxylic acids is 1. The van der Waals surface area contributed by atoms with Crippen molar-refractivity contribution in [2.24, 2.45) is 0 Å². The minimum absolute atomic E-state index is 0.0282. The monoisotopic (exact) mass is 311 g/mol. The van der Waals surface area contributed by atoms with Crippen LogP contribution in [0.4, 0.5) is 0 Å². The SMILES string of the molecule is COc1ccccc1CCC(=O)NC1(C)CCS(=O)(=O)C1. The largest absolute Gasteiger partial charge is 0.496 e. The Morgan fingerprint density at radius 1 is 1.38 bits per heavy atom. The zero-order valence-electron chi connectivity index (χ0n) is 12.4. The summed E-state index contributed by atoms with van der Waals surface area (Å²) in [4.78, 5) is 12.0. The van der Waals surface area contributed by atoms with E-state index in [1.807, 2.05) is 24.3 Å². The molecule has 116 valence electrons. The van der Waals surface area contributed by atoms with Crippen molar-refractivity contribution in [2.45, 2.75) is 31.7 Å². The molecule has 5 nitrogen and oxygen atoms in total. The second kappa shape index (κ2) is 6.05. The molecule has 6 heteroatoms. The molecule has 1 N–H and O–H groups in total. The summed E-state index contributed by atoms with van der Waals surface area (Å²) >= 11 is 0. The van der Waals surface area contributed by atoms with E-state index in [0.29, 0.717) is 19.3 Å². The lowest BCUT2D eigenvalue weighted by Gasteiger charge is -2.23. The van der Waals surface area contributed by atoms with E-state index in [9.17, 15) is 13.2 Å². The van der Waals surface area contributed by atoms with Gasteiger partial charge in [0.15, 0.2) is 9.84 Å². The molecule has 1 unspecified atom stereocenters.